The lowest BCUT2D eigenvalue weighted by Crippen LogP contribution is -2.50. The molecule has 1 saturated heterocycles. The van der Waals surface area contributed by atoms with Crippen LogP contribution in [0.1, 0.15) is 49.7 Å². The molecular formula is C24H31F3N6O4. The lowest BCUT2D eigenvalue weighted by molar-refractivity contribution is -0.141. The van der Waals surface area contributed by atoms with E-state index >= 15 is 0 Å². The summed E-state index contributed by atoms with van der Waals surface area (Å²) in [5.74, 6) is -0.946. The summed E-state index contributed by atoms with van der Waals surface area (Å²) in [6, 6.07) is 7.67. The van der Waals surface area contributed by atoms with E-state index in [2.05, 4.69) is 21.0 Å². The molecule has 0 radical (unpaired) electrons. The van der Waals surface area contributed by atoms with Crippen LogP contribution < -0.4 is 16.0 Å². The molecule has 1 aliphatic rings. The topological polar surface area (TPSA) is 118 Å². The van der Waals surface area contributed by atoms with Gasteiger partial charge in [-0.1, -0.05) is 18.2 Å². The van der Waals surface area contributed by atoms with E-state index in [1.807, 2.05) is 0 Å². The van der Waals surface area contributed by atoms with E-state index in [-0.39, 0.29) is 25.2 Å². The van der Waals surface area contributed by atoms with Crippen molar-refractivity contribution in [1.82, 2.24) is 30.6 Å². The van der Waals surface area contributed by atoms with E-state index in [4.69, 9.17) is 4.74 Å². The molecule has 0 aliphatic carbocycles. The highest BCUT2D eigenvalue weighted by molar-refractivity contribution is 5.95. The van der Waals surface area contributed by atoms with E-state index in [0.717, 1.165) is 10.9 Å². The molecule has 0 saturated carbocycles. The Kier molecular flexibility index (Phi) is 8.66. The fourth-order valence-electron chi connectivity index (χ4n) is 3.72. The number of alkyl halides is 3. The number of ether oxygens (including phenoxy) is 1. The van der Waals surface area contributed by atoms with Gasteiger partial charge in [-0.2, -0.15) is 18.3 Å². The summed E-state index contributed by atoms with van der Waals surface area (Å²) in [4.78, 5) is 38.4. The number of hydrogen-bond acceptors (Lipinski definition) is 5. The predicted molar refractivity (Wildman–Crippen MR) is 128 cm³/mol. The maximum Gasteiger partial charge on any atom is 0.435 e. The number of alkyl carbamates (subject to hydrolysis) is 1. The van der Waals surface area contributed by atoms with E-state index in [9.17, 15) is 27.6 Å². The van der Waals surface area contributed by atoms with Crippen molar-refractivity contribution in [3.8, 4) is 5.69 Å². The normalized spacial score (nSPS) is 14.7. The molecule has 0 spiro atoms. The van der Waals surface area contributed by atoms with Crippen molar-refractivity contribution < 1.29 is 32.3 Å². The lowest BCUT2D eigenvalue weighted by Gasteiger charge is -2.32. The van der Waals surface area contributed by atoms with Crippen LogP contribution in [0, 0.1) is 0 Å². The minimum atomic E-state index is -4.81. The highest BCUT2D eigenvalue weighted by Gasteiger charge is 2.39. The number of carbonyl (C=O) groups is 3. The van der Waals surface area contributed by atoms with Gasteiger partial charge < -0.3 is 25.6 Å². The minimum Gasteiger partial charge on any atom is -0.444 e. The maximum absolute atomic E-state index is 13.5. The van der Waals surface area contributed by atoms with E-state index in [0.29, 0.717) is 31.6 Å². The fourth-order valence-corrected chi connectivity index (χ4v) is 3.72. The van der Waals surface area contributed by atoms with Crippen LogP contribution in [0.2, 0.25) is 0 Å². The monoisotopic (exact) mass is 524 g/mol. The summed E-state index contributed by atoms with van der Waals surface area (Å²) in [7, 11) is 0. The average molecular weight is 525 g/mol. The number of nitrogens with zero attached hydrogens (tertiary/aromatic N) is 3. The van der Waals surface area contributed by atoms with Crippen LogP contribution in [0.3, 0.4) is 0 Å². The van der Waals surface area contributed by atoms with Gasteiger partial charge >= 0.3 is 18.3 Å². The Bertz CT molecular complexity index is 1090. The molecule has 4 amide bonds. The Morgan fingerprint density at radius 1 is 1.03 bits per heavy atom. The van der Waals surface area contributed by atoms with Gasteiger partial charge in [-0.05, 0) is 45.7 Å². The van der Waals surface area contributed by atoms with Gasteiger partial charge in [-0.25, -0.2) is 14.3 Å². The quantitative estimate of drug-likeness (QED) is 0.501. The van der Waals surface area contributed by atoms with Crippen LogP contribution >= 0.6 is 0 Å². The van der Waals surface area contributed by atoms with Crippen molar-refractivity contribution in [1.29, 1.82) is 0 Å². The Morgan fingerprint density at radius 2 is 1.65 bits per heavy atom. The van der Waals surface area contributed by atoms with Crippen molar-refractivity contribution in [2.24, 2.45) is 0 Å². The van der Waals surface area contributed by atoms with Crippen LogP contribution in [-0.4, -0.2) is 70.5 Å². The van der Waals surface area contributed by atoms with Crippen molar-refractivity contribution in [3.63, 3.8) is 0 Å². The SMILES string of the molecule is CC(C)(C)OC(=O)NC1CCN(C(=O)NCCNC(=O)c2cn(-c3ccccc3)nc2C(F)(F)F)CC1. The maximum atomic E-state index is 13.5. The Balaban J connectivity index is 1.45. The Hall–Kier alpha value is -3.77. The van der Waals surface area contributed by atoms with Crippen LogP contribution in [0.25, 0.3) is 5.69 Å². The first-order valence-electron chi connectivity index (χ1n) is 11.9. The molecule has 0 atom stereocenters. The smallest absolute Gasteiger partial charge is 0.435 e. The van der Waals surface area contributed by atoms with Gasteiger partial charge in [0.2, 0.25) is 0 Å². The molecule has 10 nitrogen and oxygen atoms in total. The largest absolute Gasteiger partial charge is 0.444 e. The second-order valence-corrected chi connectivity index (χ2v) is 9.56. The molecule has 1 aromatic heterocycles. The van der Waals surface area contributed by atoms with Crippen LogP contribution in [0.15, 0.2) is 36.5 Å². The number of amides is 4. The van der Waals surface area contributed by atoms with Crippen LogP contribution in [0.4, 0.5) is 22.8 Å². The molecule has 1 fully saturated rings. The first-order chi connectivity index (χ1) is 17.3. The summed E-state index contributed by atoms with van der Waals surface area (Å²) >= 11 is 0. The summed E-state index contributed by atoms with van der Waals surface area (Å²) in [6.07, 6.45) is -3.19. The second kappa shape index (κ2) is 11.5. The zero-order valence-electron chi connectivity index (χ0n) is 20.9. The number of para-hydroxylation sites is 1. The van der Waals surface area contributed by atoms with Gasteiger partial charge in [0.1, 0.15) is 5.60 Å². The van der Waals surface area contributed by atoms with Gasteiger partial charge in [0, 0.05) is 38.4 Å². The molecular weight excluding hydrogens is 493 g/mol. The third-order valence-electron chi connectivity index (χ3n) is 5.44. The molecule has 1 aliphatic heterocycles. The molecule has 3 rings (SSSR count). The lowest BCUT2D eigenvalue weighted by atomic mass is 10.1. The standard InChI is InChI=1S/C24H31F3N6O4/c1-23(2,3)37-22(36)30-16-9-13-32(14-10-16)21(35)29-12-11-28-20(34)18-15-33(17-7-5-4-6-8-17)31-19(18)24(25,26)27/h4-8,15-16H,9-14H2,1-3H3,(H,28,34)(H,29,35)(H,30,36). The van der Waals surface area contributed by atoms with Crippen LogP contribution in [-0.2, 0) is 10.9 Å². The number of nitrogens with one attached hydrogen (secondary N) is 3. The highest BCUT2D eigenvalue weighted by Crippen LogP contribution is 2.31. The van der Waals surface area contributed by atoms with Gasteiger partial charge in [0.15, 0.2) is 5.69 Å². The first-order valence-corrected chi connectivity index (χ1v) is 11.9. The van der Waals surface area contributed by atoms with Crippen molar-refractivity contribution in [2.75, 3.05) is 26.2 Å². The number of carbonyl (C=O) groups excluding carboxylic acids is 3. The summed E-state index contributed by atoms with van der Waals surface area (Å²) in [5.41, 5.74) is -2.12. The highest BCUT2D eigenvalue weighted by atomic mass is 19.4. The van der Waals surface area contributed by atoms with Gasteiger partial charge in [-0.15, -0.1) is 0 Å². The zero-order valence-corrected chi connectivity index (χ0v) is 20.9. The zero-order chi connectivity index (χ0) is 27.2. The van der Waals surface area contributed by atoms with Crippen molar-refractivity contribution in [3.05, 3.63) is 47.8 Å². The van der Waals surface area contributed by atoms with Crippen molar-refractivity contribution in [2.45, 2.75) is 51.4 Å². The molecule has 13 heteroatoms. The average Bonchev–Trinajstić information content (AvgIpc) is 3.28. The van der Waals surface area contributed by atoms with E-state index < -0.39 is 35.0 Å². The number of halogens is 3. The van der Waals surface area contributed by atoms with Crippen molar-refractivity contribution >= 4 is 18.0 Å². The Labute approximate surface area is 212 Å². The number of piperidine rings is 1. The van der Waals surface area contributed by atoms with E-state index in [1.165, 1.54) is 0 Å². The van der Waals surface area contributed by atoms with Crippen LogP contribution in [0.5, 0.6) is 0 Å². The third kappa shape index (κ3) is 8.12. The molecule has 202 valence electrons. The third-order valence-corrected chi connectivity index (χ3v) is 5.44. The predicted octanol–water partition coefficient (Wildman–Crippen LogP) is 3.32. The van der Waals surface area contributed by atoms with Gasteiger partial charge in [-0.3, -0.25) is 4.79 Å². The molecule has 0 unspecified atom stereocenters. The fraction of sp³-hybridized carbons (Fsp3) is 0.500. The number of likely N-dealkylation sites (tertiary alicyclic amines) is 1. The number of urea groups is 1. The molecule has 2 heterocycles. The molecule has 37 heavy (non-hydrogen) atoms. The summed E-state index contributed by atoms with van der Waals surface area (Å²) in [6.45, 7) is 6.08. The number of hydrogen-bond donors (Lipinski definition) is 3. The molecule has 3 N–H and O–H groups in total. The van der Waals surface area contributed by atoms with Gasteiger partial charge in [0.25, 0.3) is 5.91 Å². The number of rotatable bonds is 6. The first kappa shape index (κ1) is 27.8. The molecule has 0 bridgehead atoms. The molecule has 1 aromatic carbocycles. The van der Waals surface area contributed by atoms with Gasteiger partial charge in [0.05, 0.1) is 11.3 Å². The molecule has 2 aromatic rings. The summed E-state index contributed by atoms with van der Waals surface area (Å²) < 4.78 is 46.6. The summed E-state index contributed by atoms with van der Waals surface area (Å²) in [5, 5.41) is 11.4. The number of aromatic nitrogens is 2. The second-order valence-electron chi connectivity index (χ2n) is 9.56. The Morgan fingerprint density at radius 3 is 2.24 bits per heavy atom. The minimum absolute atomic E-state index is 0.0227. The van der Waals surface area contributed by atoms with E-state index in [1.54, 1.807) is 56.0 Å². The number of benzene rings is 1.